The van der Waals surface area contributed by atoms with Crippen molar-refractivity contribution in [3.05, 3.63) is 174 Å². The molecule has 48 heavy (non-hydrogen) atoms. The molecule has 0 unspecified atom stereocenters. The maximum atomic E-state index is 14.2. The van der Waals surface area contributed by atoms with E-state index in [-0.39, 0.29) is 5.56 Å². The van der Waals surface area contributed by atoms with Gasteiger partial charge >= 0.3 is 0 Å². The van der Waals surface area contributed by atoms with E-state index in [0.29, 0.717) is 0 Å². The van der Waals surface area contributed by atoms with Gasteiger partial charge in [0.25, 0.3) is 5.56 Å². The molecular weight excluding hydrogens is 603 g/mol. The topological polar surface area (TPSA) is 22.0 Å². The van der Waals surface area contributed by atoms with E-state index >= 15 is 0 Å². The number of hydrogen-bond acceptors (Lipinski definition) is 2. The molecule has 0 spiro atoms. The number of nitrogens with zero attached hydrogens (tertiary/aromatic N) is 1. The first kappa shape index (κ1) is 27.1. The highest BCUT2D eigenvalue weighted by Gasteiger charge is 2.17. The monoisotopic (exact) mass is 629 g/mol. The Morgan fingerprint density at radius 2 is 0.917 bits per heavy atom. The third-order valence-electron chi connectivity index (χ3n) is 9.80. The Balaban J connectivity index is 1.08. The van der Waals surface area contributed by atoms with Gasteiger partial charge in [-0.15, -0.1) is 11.3 Å². The lowest BCUT2D eigenvalue weighted by Gasteiger charge is -2.13. The highest BCUT2D eigenvalue weighted by atomic mass is 32.1. The number of rotatable bonds is 3. The van der Waals surface area contributed by atoms with E-state index in [1.807, 2.05) is 28.8 Å². The van der Waals surface area contributed by atoms with Crippen molar-refractivity contribution in [2.75, 3.05) is 0 Å². The molecule has 0 bridgehead atoms. The van der Waals surface area contributed by atoms with E-state index in [9.17, 15) is 4.79 Å². The molecule has 0 saturated heterocycles. The van der Waals surface area contributed by atoms with Crippen LogP contribution in [0.1, 0.15) is 0 Å². The number of aromatic nitrogens is 1. The number of thiophene rings is 1. The summed E-state index contributed by atoms with van der Waals surface area (Å²) in [7, 11) is 0. The largest absolute Gasteiger partial charge is 0.276 e. The van der Waals surface area contributed by atoms with Gasteiger partial charge in [0.05, 0.1) is 15.6 Å². The van der Waals surface area contributed by atoms with E-state index in [1.54, 1.807) is 11.3 Å². The quantitative estimate of drug-likeness (QED) is 0.178. The minimum absolute atomic E-state index is 0.0208. The zero-order valence-electron chi connectivity index (χ0n) is 25.9. The molecule has 2 nitrogen and oxygen atoms in total. The molecule has 0 aliphatic heterocycles. The highest BCUT2D eigenvalue weighted by Crippen LogP contribution is 2.39. The molecule has 0 radical (unpaired) electrons. The molecule has 0 N–H and O–H groups in total. The van der Waals surface area contributed by atoms with Crippen LogP contribution >= 0.6 is 11.3 Å². The maximum absolute atomic E-state index is 14.2. The van der Waals surface area contributed by atoms with Crippen LogP contribution in [-0.2, 0) is 0 Å². The van der Waals surface area contributed by atoms with Crippen LogP contribution in [0.4, 0.5) is 0 Å². The van der Waals surface area contributed by atoms with Gasteiger partial charge in [-0.25, -0.2) is 0 Å². The molecule has 0 aliphatic rings. The van der Waals surface area contributed by atoms with Gasteiger partial charge < -0.3 is 0 Å². The number of benzene rings is 8. The van der Waals surface area contributed by atoms with Gasteiger partial charge in [-0.3, -0.25) is 9.36 Å². The molecule has 0 atom stereocenters. The van der Waals surface area contributed by atoms with E-state index in [4.69, 9.17) is 0 Å². The van der Waals surface area contributed by atoms with Crippen molar-refractivity contribution >= 4 is 74.7 Å². The molecule has 3 heteroatoms. The summed E-state index contributed by atoms with van der Waals surface area (Å²) in [4.78, 5) is 14.2. The minimum atomic E-state index is 0.0208. The normalized spacial score (nSPS) is 11.8. The zero-order valence-corrected chi connectivity index (χ0v) is 26.7. The van der Waals surface area contributed by atoms with Crippen LogP contribution in [0.3, 0.4) is 0 Å². The first-order valence-corrected chi connectivity index (χ1v) is 17.0. The number of hydrogen-bond donors (Lipinski definition) is 0. The summed E-state index contributed by atoms with van der Waals surface area (Å²) in [5.74, 6) is 0. The Morgan fingerprint density at radius 1 is 0.396 bits per heavy atom. The number of para-hydroxylation sites is 1. The molecule has 10 rings (SSSR count). The minimum Gasteiger partial charge on any atom is -0.276 e. The molecule has 0 amide bonds. The summed E-state index contributed by atoms with van der Waals surface area (Å²) in [5.41, 5.74) is 6.42. The van der Waals surface area contributed by atoms with Crippen LogP contribution in [0.5, 0.6) is 0 Å². The molecule has 2 aromatic heterocycles. The Bertz CT molecular complexity index is 2930. The van der Waals surface area contributed by atoms with Crippen LogP contribution in [0.25, 0.3) is 91.3 Å². The molecule has 0 fully saturated rings. The second-order valence-electron chi connectivity index (χ2n) is 12.4. The predicted octanol–water partition coefficient (Wildman–Crippen LogP) is 12.2. The van der Waals surface area contributed by atoms with Gasteiger partial charge in [0.1, 0.15) is 0 Å². The van der Waals surface area contributed by atoms with Crippen molar-refractivity contribution in [3.8, 4) is 27.9 Å². The summed E-state index contributed by atoms with van der Waals surface area (Å²) in [5, 5.41) is 10.6. The lowest BCUT2D eigenvalue weighted by atomic mass is 9.91. The van der Waals surface area contributed by atoms with Gasteiger partial charge in [0.2, 0.25) is 0 Å². The van der Waals surface area contributed by atoms with Crippen LogP contribution < -0.4 is 5.56 Å². The zero-order chi connectivity index (χ0) is 31.8. The number of fused-ring (bicyclic) bond motifs is 11. The van der Waals surface area contributed by atoms with Crippen molar-refractivity contribution < 1.29 is 0 Å². The standard InChI is InChI=1S/C45H27NOS/c47-45-43-39-17-6-8-19-42(39)48-44(43)38-16-5-7-18-41(38)46(45)32-23-20-28(21-24-32)29-10-9-11-30(26-29)31-22-25-37-35-14-2-1-12-33(35)34-13-3-4-15-36(34)40(37)27-31/h1-27H. The fourth-order valence-corrected chi connectivity index (χ4v) is 8.78. The van der Waals surface area contributed by atoms with E-state index < -0.39 is 0 Å². The molecular formula is C45H27NOS. The number of pyridine rings is 1. The van der Waals surface area contributed by atoms with E-state index in [1.165, 1.54) is 43.4 Å². The lowest BCUT2D eigenvalue weighted by Crippen LogP contribution is -2.18. The average molecular weight is 630 g/mol. The highest BCUT2D eigenvalue weighted by molar-refractivity contribution is 7.26. The SMILES string of the molecule is O=c1c2c3ccccc3sc2c2ccccc2n1-c1ccc(-c2cccc(-c3ccc4c5ccccc5c5ccccc5c4c3)c2)cc1. The van der Waals surface area contributed by atoms with Gasteiger partial charge in [-0.2, -0.15) is 0 Å². The molecule has 10 aromatic rings. The smallest absolute Gasteiger partial charge is 0.264 e. The van der Waals surface area contributed by atoms with Gasteiger partial charge in [-0.05, 0) is 91.0 Å². The molecule has 0 aliphatic carbocycles. The van der Waals surface area contributed by atoms with Crippen molar-refractivity contribution in [3.63, 3.8) is 0 Å². The van der Waals surface area contributed by atoms with Gasteiger partial charge in [0.15, 0.2) is 0 Å². The van der Waals surface area contributed by atoms with Gasteiger partial charge in [0, 0.05) is 21.2 Å². The molecule has 224 valence electrons. The first-order chi connectivity index (χ1) is 23.7. The van der Waals surface area contributed by atoms with Gasteiger partial charge in [-0.1, -0.05) is 127 Å². The fourth-order valence-electron chi connectivity index (χ4n) is 7.55. The summed E-state index contributed by atoms with van der Waals surface area (Å²) in [6.07, 6.45) is 0. The molecule has 8 aromatic carbocycles. The Kier molecular flexibility index (Phi) is 5.93. The third-order valence-corrected chi connectivity index (χ3v) is 11.0. The fraction of sp³-hybridized carbons (Fsp3) is 0. The summed E-state index contributed by atoms with van der Waals surface area (Å²) >= 11 is 1.70. The predicted molar refractivity (Wildman–Crippen MR) is 206 cm³/mol. The van der Waals surface area contributed by atoms with Crippen molar-refractivity contribution in [2.45, 2.75) is 0 Å². The first-order valence-electron chi connectivity index (χ1n) is 16.2. The third kappa shape index (κ3) is 4.01. The molecule has 2 heterocycles. The molecule has 0 saturated carbocycles. The average Bonchev–Trinajstić information content (AvgIpc) is 3.56. The summed E-state index contributed by atoms with van der Waals surface area (Å²) in [6, 6.07) is 57.9. The Labute approximate surface area is 280 Å². The van der Waals surface area contributed by atoms with Crippen molar-refractivity contribution in [1.82, 2.24) is 4.57 Å². The summed E-state index contributed by atoms with van der Waals surface area (Å²) in [6.45, 7) is 0. The van der Waals surface area contributed by atoms with E-state index in [2.05, 4.69) is 140 Å². The van der Waals surface area contributed by atoms with Crippen LogP contribution in [0, 0.1) is 0 Å². The summed E-state index contributed by atoms with van der Waals surface area (Å²) < 4.78 is 4.06. The van der Waals surface area contributed by atoms with Crippen LogP contribution in [0.15, 0.2) is 169 Å². The van der Waals surface area contributed by atoms with Crippen LogP contribution in [-0.4, -0.2) is 4.57 Å². The van der Waals surface area contributed by atoms with Crippen molar-refractivity contribution in [1.29, 1.82) is 0 Å². The Morgan fingerprint density at radius 3 is 1.62 bits per heavy atom. The second-order valence-corrected chi connectivity index (χ2v) is 13.5. The van der Waals surface area contributed by atoms with Crippen molar-refractivity contribution in [2.24, 2.45) is 0 Å². The van der Waals surface area contributed by atoms with E-state index in [0.717, 1.165) is 47.9 Å². The maximum Gasteiger partial charge on any atom is 0.264 e. The van der Waals surface area contributed by atoms with Crippen LogP contribution in [0.2, 0.25) is 0 Å². The Hall–Kier alpha value is -6.03. The lowest BCUT2D eigenvalue weighted by molar-refractivity contribution is 1.06. The second kappa shape index (κ2) is 10.5.